The van der Waals surface area contributed by atoms with E-state index in [9.17, 15) is 0 Å². The predicted molar refractivity (Wildman–Crippen MR) is 251 cm³/mol. The van der Waals surface area contributed by atoms with Gasteiger partial charge in [-0.2, -0.15) is 0 Å². The number of nitrogens with zero attached hydrogens (tertiary/aromatic N) is 1. The molecule has 10 aromatic carbocycles. The monoisotopic (exact) mass is 751 g/mol. The standard InChI is InChI=1S/C58H41N/c1-5-15-42(16-6-1)46-27-32-55(33-28-46)59(58-41-51(31-36-57(58)48-22-11-4-12-23-48)50-26-25-45-21-13-14-24-49(45)37-50)56-34-29-47(30-35-56)54-39-52(43-17-7-2-8-18-43)38-53(40-54)44-19-9-3-10-20-44/h1-41H. The van der Waals surface area contributed by atoms with Gasteiger partial charge in [0.1, 0.15) is 0 Å². The van der Waals surface area contributed by atoms with E-state index in [-0.39, 0.29) is 0 Å². The molecule has 0 N–H and O–H groups in total. The Balaban J connectivity index is 1.13. The summed E-state index contributed by atoms with van der Waals surface area (Å²) in [5.41, 5.74) is 17.5. The molecule has 0 unspecified atom stereocenters. The molecule has 10 rings (SSSR count). The SMILES string of the molecule is c1ccc(-c2ccc(N(c3ccc(-c4cc(-c5ccccc5)cc(-c5ccccc5)c4)cc3)c3cc(-c4ccc5ccccc5c4)ccc3-c3ccccc3)cc2)cc1. The number of rotatable bonds is 9. The van der Waals surface area contributed by atoms with E-state index in [0.29, 0.717) is 0 Å². The molecular formula is C58H41N. The van der Waals surface area contributed by atoms with Crippen molar-refractivity contribution in [3.63, 3.8) is 0 Å². The molecule has 0 aromatic heterocycles. The van der Waals surface area contributed by atoms with E-state index < -0.39 is 0 Å². The van der Waals surface area contributed by atoms with Gasteiger partial charge in [-0.15, -0.1) is 0 Å². The molecule has 59 heavy (non-hydrogen) atoms. The van der Waals surface area contributed by atoms with Crippen molar-refractivity contribution < 1.29 is 0 Å². The summed E-state index contributed by atoms with van der Waals surface area (Å²) in [5.74, 6) is 0. The molecule has 0 saturated carbocycles. The normalized spacial score (nSPS) is 11.1. The minimum Gasteiger partial charge on any atom is -0.310 e. The van der Waals surface area contributed by atoms with Crippen LogP contribution >= 0.6 is 0 Å². The average molecular weight is 752 g/mol. The minimum atomic E-state index is 1.08. The van der Waals surface area contributed by atoms with Crippen molar-refractivity contribution in [2.45, 2.75) is 0 Å². The van der Waals surface area contributed by atoms with Crippen molar-refractivity contribution in [2.24, 2.45) is 0 Å². The summed E-state index contributed by atoms with van der Waals surface area (Å²) in [6.07, 6.45) is 0. The molecule has 0 aliphatic rings. The fourth-order valence-electron chi connectivity index (χ4n) is 8.18. The second-order valence-corrected chi connectivity index (χ2v) is 15.0. The van der Waals surface area contributed by atoms with Crippen molar-refractivity contribution in [3.8, 4) is 66.8 Å². The highest BCUT2D eigenvalue weighted by atomic mass is 15.1. The Hall–Kier alpha value is -7.74. The molecule has 0 radical (unpaired) electrons. The van der Waals surface area contributed by atoms with Gasteiger partial charge < -0.3 is 4.90 Å². The lowest BCUT2D eigenvalue weighted by Gasteiger charge is -2.29. The van der Waals surface area contributed by atoms with Crippen molar-refractivity contribution in [1.82, 2.24) is 0 Å². The highest BCUT2D eigenvalue weighted by Crippen LogP contribution is 2.44. The largest absolute Gasteiger partial charge is 0.310 e. The van der Waals surface area contributed by atoms with Crippen LogP contribution in [0, 0.1) is 0 Å². The summed E-state index contributed by atoms with van der Waals surface area (Å²) in [6.45, 7) is 0. The summed E-state index contributed by atoms with van der Waals surface area (Å²) in [6, 6.07) is 90.0. The van der Waals surface area contributed by atoms with Crippen molar-refractivity contribution in [3.05, 3.63) is 249 Å². The fourth-order valence-corrected chi connectivity index (χ4v) is 8.18. The van der Waals surface area contributed by atoms with Gasteiger partial charge in [0.2, 0.25) is 0 Å². The smallest absolute Gasteiger partial charge is 0.0546 e. The van der Waals surface area contributed by atoms with Gasteiger partial charge in [0.15, 0.2) is 0 Å². The first-order valence-corrected chi connectivity index (χ1v) is 20.2. The molecule has 0 spiro atoms. The van der Waals surface area contributed by atoms with E-state index in [2.05, 4.69) is 254 Å². The second-order valence-electron chi connectivity index (χ2n) is 15.0. The van der Waals surface area contributed by atoms with Gasteiger partial charge in [0.05, 0.1) is 5.69 Å². The van der Waals surface area contributed by atoms with Gasteiger partial charge in [0, 0.05) is 16.9 Å². The van der Waals surface area contributed by atoms with Crippen LogP contribution < -0.4 is 4.90 Å². The maximum absolute atomic E-state index is 2.42. The lowest BCUT2D eigenvalue weighted by atomic mass is 9.93. The molecule has 0 atom stereocenters. The molecule has 0 fully saturated rings. The number of anilines is 3. The number of fused-ring (bicyclic) bond motifs is 1. The van der Waals surface area contributed by atoms with Crippen molar-refractivity contribution in [2.75, 3.05) is 4.90 Å². The van der Waals surface area contributed by atoms with E-state index in [4.69, 9.17) is 0 Å². The third kappa shape index (κ3) is 7.46. The molecule has 0 aliphatic carbocycles. The zero-order chi connectivity index (χ0) is 39.4. The van der Waals surface area contributed by atoms with Crippen LogP contribution in [0.15, 0.2) is 249 Å². The second kappa shape index (κ2) is 16.0. The minimum absolute atomic E-state index is 1.08. The van der Waals surface area contributed by atoms with Gasteiger partial charge in [-0.3, -0.25) is 0 Å². The van der Waals surface area contributed by atoms with Crippen LogP contribution in [0.2, 0.25) is 0 Å². The first-order valence-electron chi connectivity index (χ1n) is 20.2. The maximum atomic E-state index is 2.42. The van der Waals surface area contributed by atoms with Gasteiger partial charge in [-0.1, -0.05) is 194 Å². The number of hydrogen-bond donors (Lipinski definition) is 0. The molecule has 0 amide bonds. The molecular weight excluding hydrogens is 711 g/mol. The van der Waals surface area contributed by atoms with Crippen LogP contribution in [0.3, 0.4) is 0 Å². The molecule has 1 heteroatoms. The van der Waals surface area contributed by atoms with Crippen LogP contribution in [0.25, 0.3) is 77.5 Å². The molecule has 10 aromatic rings. The van der Waals surface area contributed by atoms with Crippen LogP contribution in [-0.2, 0) is 0 Å². The molecule has 278 valence electrons. The Morgan fingerprint density at radius 1 is 0.203 bits per heavy atom. The summed E-state index contributed by atoms with van der Waals surface area (Å²) in [4.78, 5) is 2.42. The molecule has 0 heterocycles. The summed E-state index contributed by atoms with van der Waals surface area (Å²) < 4.78 is 0. The Bertz CT molecular complexity index is 2930. The summed E-state index contributed by atoms with van der Waals surface area (Å²) in [5, 5.41) is 2.47. The van der Waals surface area contributed by atoms with Gasteiger partial charge >= 0.3 is 0 Å². The Kier molecular flexibility index (Phi) is 9.68. The Morgan fingerprint density at radius 2 is 0.559 bits per heavy atom. The number of benzene rings is 10. The predicted octanol–water partition coefficient (Wildman–Crippen LogP) is 16.3. The molecule has 1 nitrogen and oxygen atoms in total. The third-order valence-corrected chi connectivity index (χ3v) is 11.2. The molecule has 0 saturated heterocycles. The van der Waals surface area contributed by atoms with Crippen molar-refractivity contribution in [1.29, 1.82) is 0 Å². The lowest BCUT2D eigenvalue weighted by molar-refractivity contribution is 1.28. The van der Waals surface area contributed by atoms with Crippen LogP contribution in [0.4, 0.5) is 17.1 Å². The quantitative estimate of drug-likeness (QED) is 0.142. The van der Waals surface area contributed by atoms with Crippen LogP contribution in [0.1, 0.15) is 0 Å². The summed E-state index contributed by atoms with van der Waals surface area (Å²) >= 11 is 0. The van der Waals surface area contributed by atoms with Crippen LogP contribution in [0.5, 0.6) is 0 Å². The van der Waals surface area contributed by atoms with Gasteiger partial charge in [-0.05, 0) is 127 Å². The number of hydrogen-bond acceptors (Lipinski definition) is 1. The van der Waals surface area contributed by atoms with Crippen molar-refractivity contribution >= 4 is 27.8 Å². The summed E-state index contributed by atoms with van der Waals surface area (Å²) in [7, 11) is 0. The Morgan fingerprint density at radius 3 is 1.07 bits per heavy atom. The van der Waals surface area contributed by atoms with E-state index >= 15 is 0 Å². The van der Waals surface area contributed by atoms with E-state index in [1.54, 1.807) is 0 Å². The molecule has 0 aliphatic heterocycles. The highest BCUT2D eigenvalue weighted by Gasteiger charge is 2.19. The topological polar surface area (TPSA) is 3.24 Å². The third-order valence-electron chi connectivity index (χ3n) is 11.2. The fraction of sp³-hybridized carbons (Fsp3) is 0. The van der Waals surface area contributed by atoms with Crippen LogP contribution in [-0.4, -0.2) is 0 Å². The zero-order valence-electron chi connectivity index (χ0n) is 32.6. The van der Waals surface area contributed by atoms with Gasteiger partial charge in [0.25, 0.3) is 0 Å². The first kappa shape index (κ1) is 35.7. The molecule has 0 bridgehead atoms. The maximum Gasteiger partial charge on any atom is 0.0546 e. The average Bonchev–Trinajstić information content (AvgIpc) is 3.33. The Labute approximate surface area is 346 Å². The first-order chi connectivity index (χ1) is 29.2. The van der Waals surface area contributed by atoms with Gasteiger partial charge in [-0.25, -0.2) is 0 Å². The highest BCUT2D eigenvalue weighted by molar-refractivity contribution is 5.94. The van der Waals surface area contributed by atoms with E-state index in [1.165, 1.54) is 66.4 Å². The lowest BCUT2D eigenvalue weighted by Crippen LogP contribution is -2.11. The van der Waals surface area contributed by atoms with E-state index in [0.717, 1.165) is 28.2 Å². The zero-order valence-corrected chi connectivity index (χ0v) is 32.6. The van der Waals surface area contributed by atoms with E-state index in [1.807, 2.05) is 0 Å².